The van der Waals surface area contributed by atoms with E-state index >= 15 is 0 Å². The van der Waals surface area contributed by atoms with Crippen LogP contribution in [0.15, 0.2) is 53.5 Å². The van der Waals surface area contributed by atoms with Gasteiger partial charge in [0.2, 0.25) is 0 Å². The van der Waals surface area contributed by atoms with Gasteiger partial charge in [-0.05, 0) is 30.7 Å². The summed E-state index contributed by atoms with van der Waals surface area (Å²) in [5, 5.41) is 3.38. The highest BCUT2D eigenvalue weighted by Crippen LogP contribution is 2.43. The number of halogens is 2. The van der Waals surface area contributed by atoms with E-state index in [2.05, 4.69) is 15.2 Å². The summed E-state index contributed by atoms with van der Waals surface area (Å²) >= 11 is 0. The van der Waals surface area contributed by atoms with Gasteiger partial charge < -0.3 is 15.0 Å². The van der Waals surface area contributed by atoms with Crippen molar-refractivity contribution in [1.82, 2.24) is 10.2 Å². The molecule has 1 aliphatic carbocycles. The van der Waals surface area contributed by atoms with Crippen molar-refractivity contribution in [3.05, 3.63) is 65.7 Å². The number of ether oxygens (including phenoxy) is 1. The van der Waals surface area contributed by atoms with E-state index in [1.807, 2.05) is 30.3 Å². The minimum absolute atomic E-state index is 0.0170. The lowest BCUT2D eigenvalue weighted by molar-refractivity contribution is 0.129. The molecule has 0 radical (unpaired) electrons. The second kappa shape index (κ2) is 8.17. The third-order valence-electron chi connectivity index (χ3n) is 5.47. The van der Waals surface area contributed by atoms with Crippen LogP contribution in [0.25, 0.3) is 0 Å². The van der Waals surface area contributed by atoms with Crippen LogP contribution in [0.5, 0.6) is 5.75 Å². The smallest absolute Gasteiger partial charge is 0.193 e. The molecule has 2 unspecified atom stereocenters. The van der Waals surface area contributed by atoms with Gasteiger partial charge in [0, 0.05) is 50.5 Å². The predicted molar refractivity (Wildman–Crippen MR) is 106 cm³/mol. The van der Waals surface area contributed by atoms with E-state index < -0.39 is 11.6 Å². The van der Waals surface area contributed by atoms with E-state index in [9.17, 15) is 8.78 Å². The monoisotopic (exact) mass is 385 g/mol. The summed E-state index contributed by atoms with van der Waals surface area (Å²) < 4.78 is 34.0. The van der Waals surface area contributed by atoms with E-state index in [4.69, 9.17) is 4.74 Å². The Kier molecular flexibility index (Phi) is 5.46. The maximum atomic E-state index is 14.0. The first-order valence-corrected chi connectivity index (χ1v) is 9.79. The van der Waals surface area contributed by atoms with E-state index in [1.165, 1.54) is 18.2 Å². The van der Waals surface area contributed by atoms with Gasteiger partial charge in [0.15, 0.2) is 5.96 Å². The summed E-state index contributed by atoms with van der Waals surface area (Å²) in [4.78, 5) is 6.57. The number of hydrogen-bond acceptors (Lipinski definition) is 2. The molecule has 2 atom stereocenters. The first kappa shape index (κ1) is 18.7. The molecular formula is C22H25F2N3O. The molecule has 0 bridgehead atoms. The largest absolute Gasteiger partial charge is 0.490 e. The van der Waals surface area contributed by atoms with E-state index in [1.54, 1.807) is 7.05 Å². The molecule has 0 spiro atoms. The highest BCUT2D eigenvalue weighted by molar-refractivity contribution is 5.80. The number of nitrogens with one attached hydrogen (secondary N) is 1. The van der Waals surface area contributed by atoms with Crippen LogP contribution in [0, 0.1) is 11.6 Å². The number of hydrogen-bond donors (Lipinski definition) is 1. The van der Waals surface area contributed by atoms with Gasteiger partial charge in [-0.1, -0.05) is 24.3 Å². The topological polar surface area (TPSA) is 36.9 Å². The van der Waals surface area contributed by atoms with Gasteiger partial charge >= 0.3 is 0 Å². The lowest BCUT2D eigenvalue weighted by Crippen LogP contribution is -2.48. The molecule has 28 heavy (non-hydrogen) atoms. The Morgan fingerprint density at radius 1 is 1.04 bits per heavy atom. The van der Waals surface area contributed by atoms with Crippen molar-refractivity contribution < 1.29 is 13.5 Å². The fourth-order valence-electron chi connectivity index (χ4n) is 3.88. The van der Waals surface area contributed by atoms with Crippen LogP contribution in [-0.2, 0) is 0 Å². The minimum atomic E-state index is -0.469. The molecule has 1 saturated heterocycles. The number of piperidine rings is 1. The van der Waals surface area contributed by atoms with Crippen LogP contribution in [0.4, 0.5) is 8.78 Å². The van der Waals surface area contributed by atoms with Gasteiger partial charge in [0.05, 0.1) is 0 Å². The van der Waals surface area contributed by atoms with E-state index in [0.29, 0.717) is 6.42 Å². The van der Waals surface area contributed by atoms with Crippen LogP contribution in [0.3, 0.4) is 0 Å². The van der Waals surface area contributed by atoms with Crippen molar-refractivity contribution in [2.24, 2.45) is 4.99 Å². The molecule has 2 aromatic carbocycles. The number of aliphatic imine (C=N–C) groups is 1. The first-order valence-electron chi connectivity index (χ1n) is 9.79. The highest BCUT2D eigenvalue weighted by Gasteiger charge is 2.43. The van der Waals surface area contributed by atoms with Crippen molar-refractivity contribution in [2.75, 3.05) is 20.1 Å². The molecule has 4 rings (SSSR count). The Morgan fingerprint density at radius 3 is 2.36 bits per heavy atom. The molecular weight excluding hydrogens is 360 g/mol. The molecule has 1 saturated carbocycles. The molecule has 2 aromatic rings. The Bertz CT molecular complexity index is 815. The molecule has 6 heteroatoms. The number of benzene rings is 2. The fourth-order valence-corrected chi connectivity index (χ4v) is 3.88. The van der Waals surface area contributed by atoms with Crippen LogP contribution >= 0.6 is 0 Å². The highest BCUT2D eigenvalue weighted by atomic mass is 19.1. The number of para-hydroxylation sites is 1. The molecule has 1 aliphatic heterocycles. The third-order valence-corrected chi connectivity index (χ3v) is 5.47. The average molecular weight is 385 g/mol. The molecule has 1 N–H and O–H groups in total. The van der Waals surface area contributed by atoms with E-state index in [-0.39, 0.29) is 23.6 Å². The second-order valence-corrected chi connectivity index (χ2v) is 7.39. The zero-order chi connectivity index (χ0) is 19.5. The van der Waals surface area contributed by atoms with Gasteiger partial charge in [-0.25, -0.2) is 8.78 Å². The van der Waals surface area contributed by atoms with Crippen LogP contribution in [-0.4, -0.2) is 43.1 Å². The van der Waals surface area contributed by atoms with Crippen molar-refractivity contribution in [2.45, 2.75) is 37.3 Å². The number of likely N-dealkylation sites (tertiary alicyclic amines) is 1. The summed E-state index contributed by atoms with van der Waals surface area (Å²) in [6, 6.07) is 13.9. The number of guanidine groups is 1. The zero-order valence-corrected chi connectivity index (χ0v) is 15.9. The van der Waals surface area contributed by atoms with Gasteiger partial charge in [-0.15, -0.1) is 0 Å². The average Bonchev–Trinajstić information content (AvgIpc) is 3.46. The summed E-state index contributed by atoms with van der Waals surface area (Å²) in [6.45, 7) is 1.67. The first-order chi connectivity index (χ1) is 13.7. The zero-order valence-electron chi connectivity index (χ0n) is 15.9. The molecule has 148 valence electrons. The number of nitrogens with zero attached hydrogens (tertiary/aromatic N) is 2. The maximum absolute atomic E-state index is 14.0. The third kappa shape index (κ3) is 4.11. The predicted octanol–water partition coefficient (Wildman–Crippen LogP) is 3.94. The Balaban J connectivity index is 1.30. The van der Waals surface area contributed by atoms with Gasteiger partial charge in [-0.2, -0.15) is 0 Å². The SMILES string of the molecule is CN=C(NC1CC1c1c(F)cccc1F)N1CCC(Oc2ccccc2)CC1. The van der Waals surface area contributed by atoms with Crippen LogP contribution in [0.1, 0.15) is 30.7 Å². The lowest BCUT2D eigenvalue weighted by atomic mass is 10.1. The van der Waals surface area contributed by atoms with Crippen molar-refractivity contribution in [3.63, 3.8) is 0 Å². The lowest BCUT2D eigenvalue weighted by Gasteiger charge is -2.34. The summed E-state index contributed by atoms with van der Waals surface area (Å²) in [5.41, 5.74) is 0.186. The molecule has 4 nitrogen and oxygen atoms in total. The van der Waals surface area contributed by atoms with Crippen molar-refractivity contribution in [1.29, 1.82) is 0 Å². The van der Waals surface area contributed by atoms with Crippen LogP contribution < -0.4 is 10.1 Å². The molecule has 2 aliphatic rings. The molecule has 0 amide bonds. The van der Waals surface area contributed by atoms with Gasteiger partial charge in [0.25, 0.3) is 0 Å². The second-order valence-electron chi connectivity index (χ2n) is 7.39. The molecule has 1 heterocycles. The Labute approximate surface area is 164 Å². The minimum Gasteiger partial charge on any atom is -0.490 e. The van der Waals surface area contributed by atoms with Gasteiger partial charge in [-0.3, -0.25) is 4.99 Å². The molecule has 2 fully saturated rings. The van der Waals surface area contributed by atoms with Gasteiger partial charge in [0.1, 0.15) is 23.5 Å². The molecule has 0 aromatic heterocycles. The maximum Gasteiger partial charge on any atom is 0.193 e. The standard InChI is InChI=1S/C22H25F2N3O/c1-25-22(26-20-14-17(20)21-18(23)8-5-9-19(21)24)27-12-10-16(11-13-27)28-15-6-3-2-4-7-15/h2-9,16-17,20H,10-14H2,1H3,(H,25,26). The summed E-state index contributed by atoms with van der Waals surface area (Å²) in [6.07, 6.45) is 2.72. The van der Waals surface area contributed by atoms with E-state index in [0.717, 1.165) is 37.6 Å². The fraction of sp³-hybridized carbons (Fsp3) is 0.409. The number of rotatable bonds is 4. The van der Waals surface area contributed by atoms with Crippen LogP contribution in [0.2, 0.25) is 0 Å². The normalized spacial score (nSPS) is 22.8. The summed E-state index contributed by atoms with van der Waals surface area (Å²) in [5.74, 6) is 0.613. The quantitative estimate of drug-likeness (QED) is 0.640. The Hall–Kier alpha value is -2.63. The Morgan fingerprint density at radius 2 is 1.71 bits per heavy atom. The summed E-state index contributed by atoms with van der Waals surface area (Å²) in [7, 11) is 1.75. The van der Waals surface area contributed by atoms with Crippen molar-refractivity contribution >= 4 is 5.96 Å². The van der Waals surface area contributed by atoms with Crippen molar-refractivity contribution in [3.8, 4) is 5.75 Å².